The summed E-state index contributed by atoms with van der Waals surface area (Å²) in [7, 11) is 0. The number of hydrogen-bond acceptors (Lipinski definition) is 5. The number of fused-ring (bicyclic) bond motifs is 3. The molecule has 1 aliphatic rings. The van der Waals surface area contributed by atoms with E-state index >= 15 is 0 Å². The largest absolute Gasteiger partial charge is 0.491 e. The highest BCUT2D eigenvalue weighted by Crippen LogP contribution is 2.46. The van der Waals surface area contributed by atoms with Crippen LogP contribution in [0.25, 0.3) is 22.3 Å². The molecule has 4 aromatic carbocycles. The van der Waals surface area contributed by atoms with E-state index < -0.39 is 6.10 Å². The molecule has 0 amide bonds. The van der Waals surface area contributed by atoms with Crippen molar-refractivity contribution in [2.75, 3.05) is 13.2 Å². The van der Waals surface area contributed by atoms with Crippen molar-refractivity contribution in [2.45, 2.75) is 40.4 Å². The van der Waals surface area contributed by atoms with Crippen LogP contribution in [0.15, 0.2) is 72.8 Å². The molecule has 0 aromatic heterocycles. The molecule has 0 saturated heterocycles. The Balaban J connectivity index is 1.40. The lowest BCUT2D eigenvalue weighted by Gasteiger charge is -2.18. The minimum Gasteiger partial charge on any atom is -0.491 e. The van der Waals surface area contributed by atoms with Crippen LogP contribution in [0.3, 0.4) is 0 Å². The maximum atomic E-state index is 11.7. The summed E-state index contributed by atoms with van der Waals surface area (Å²) in [6, 6.07) is 24.4. The van der Waals surface area contributed by atoms with Crippen LogP contribution in [-0.4, -0.2) is 24.3 Å². The second kappa shape index (κ2) is 10.7. The third-order valence-corrected chi connectivity index (χ3v) is 7.10. The van der Waals surface area contributed by atoms with Crippen molar-refractivity contribution in [2.24, 2.45) is 0 Å². The molecule has 194 valence electrons. The molecule has 4 aromatic rings. The van der Waals surface area contributed by atoms with E-state index in [0.717, 1.165) is 50.4 Å². The van der Waals surface area contributed by atoms with Gasteiger partial charge >= 0.3 is 5.97 Å². The molecule has 38 heavy (non-hydrogen) atoms. The Kier molecular flexibility index (Phi) is 7.21. The highest BCUT2D eigenvalue weighted by molar-refractivity contribution is 5.81. The lowest BCUT2D eigenvalue weighted by molar-refractivity contribution is -0.144. The van der Waals surface area contributed by atoms with Crippen molar-refractivity contribution in [1.29, 1.82) is 0 Å². The first kappa shape index (κ1) is 25.6. The quantitative estimate of drug-likeness (QED) is 0.263. The zero-order valence-corrected chi connectivity index (χ0v) is 22.2. The van der Waals surface area contributed by atoms with Crippen molar-refractivity contribution in [3.8, 4) is 33.8 Å². The Morgan fingerprint density at radius 1 is 0.789 bits per heavy atom. The molecule has 0 heterocycles. The van der Waals surface area contributed by atoms with Crippen LogP contribution in [0, 0.1) is 20.8 Å². The van der Waals surface area contributed by atoms with E-state index in [-0.39, 0.29) is 19.2 Å². The number of carbonyl (C=O) groups is 1. The summed E-state index contributed by atoms with van der Waals surface area (Å²) in [5.41, 5.74) is 11.0. The number of carbonyl (C=O) groups excluding carboxylic acids is 1. The number of aryl methyl sites for hydroxylation is 2. The van der Waals surface area contributed by atoms with E-state index in [9.17, 15) is 4.79 Å². The fraction of sp³-hybridized carbons (Fsp3) is 0.242. The SMILES string of the molecule is CC(=O)OC1c2ccccc2-c2cc(OCc3cccc(-c4c(C)cc(OCCO)cc4C)c3C)ccc21. The molecule has 1 N–H and O–H groups in total. The molecule has 1 unspecified atom stereocenters. The predicted molar refractivity (Wildman–Crippen MR) is 148 cm³/mol. The predicted octanol–water partition coefficient (Wildman–Crippen LogP) is 6.86. The van der Waals surface area contributed by atoms with Gasteiger partial charge in [-0.1, -0.05) is 48.5 Å². The fourth-order valence-electron chi connectivity index (χ4n) is 5.39. The molecule has 0 spiro atoms. The number of benzene rings is 4. The highest BCUT2D eigenvalue weighted by atomic mass is 16.5. The molecule has 0 bridgehead atoms. The first-order valence-electron chi connectivity index (χ1n) is 12.8. The summed E-state index contributed by atoms with van der Waals surface area (Å²) < 4.78 is 17.6. The topological polar surface area (TPSA) is 65.0 Å². The number of hydrogen-bond donors (Lipinski definition) is 1. The minimum absolute atomic E-state index is 0.00942. The summed E-state index contributed by atoms with van der Waals surface area (Å²) in [6.07, 6.45) is -0.390. The molecular formula is C33H32O5. The zero-order chi connectivity index (χ0) is 26.8. The minimum atomic E-state index is -0.390. The molecule has 0 saturated carbocycles. The molecule has 0 aliphatic heterocycles. The van der Waals surface area contributed by atoms with Gasteiger partial charge in [-0.3, -0.25) is 4.79 Å². The maximum absolute atomic E-state index is 11.7. The first-order valence-corrected chi connectivity index (χ1v) is 12.8. The van der Waals surface area contributed by atoms with Crippen molar-refractivity contribution >= 4 is 5.97 Å². The monoisotopic (exact) mass is 508 g/mol. The van der Waals surface area contributed by atoms with Gasteiger partial charge in [0.1, 0.15) is 24.7 Å². The van der Waals surface area contributed by atoms with Crippen LogP contribution in [0.2, 0.25) is 0 Å². The van der Waals surface area contributed by atoms with Crippen molar-refractivity contribution in [1.82, 2.24) is 0 Å². The third-order valence-electron chi connectivity index (χ3n) is 7.10. The second-order valence-electron chi connectivity index (χ2n) is 9.71. The number of aliphatic hydroxyl groups is 1. The molecule has 5 nitrogen and oxygen atoms in total. The third kappa shape index (κ3) is 4.90. The standard InChI is InChI=1S/C33H32O5/c1-20-16-26(36-15-14-34)17-21(2)32(20)27-11-7-8-24(22(27)3)19-37-25-12-13-30-31(18-25)28-9-5-6-10-29(28)33(30)38-23(4)35/h5-13,16-18,33-34H,14-15,19H2,1-4H3. The Morgan fingerprint density at radius 2 is 1.50 bits per heavy atom. The number of rotatable bonds is 8. The zero-order valence-electron chi connectivity index (χ0n) is 22.2. The van der Waals surface area contributed by atoms with Crippen molar-refractivity contribution < 1.29 is 24.1 Å². The van der Waals surface area contributed by atoms with E-state index in [1.807, 2.05) is 48.5 Å². The van der Waals surface area contributed by atoms with Gasteiger partial charge in [0.15, 0.2) is 6.10 Å². The van der Waals surface area contributed by atoms with Crippen molar-refractivity contribution in [3.63, 3.8) is 0 Å². The molecule has 5 heteroatoms. The Labute approximate surface area is 223 Å². The molecule has 1 aliphatic carbocycles. The van der Waals surface area contributed by atoms with Crippen LogP contribution < -0.4 is 9.47 Å². The van der Waals surface area contributed by atoms with Crippen LogP contribution in [0.1, 0.15) is 46.4 Å². The lowest BCUT2D eigenvalue weighted by atomic mass is 9.90. The average molecular weight is 509 g/mol. The summed E-state index contributed by atoms with van der Waals surface area (Å²) in [5, 5.41) is 9.08. The van der Waals surface area contributed by atoms with E-state index in [1.54, 1.807) is 0 Å². The van der Waals surface area contributed by atoms with Crippen LogP contribution in [0.5, 0.6) is 11.5 Å². The van der Waals surface area contributed by atoms with Crippen LogP contribution in [0.4, 0.5) is 0 Å². The van der Waals surface area contributed by atoms with E-state index in [0.29, 0.717) is 6.61 Å². The Morgan fingerprint density at radius 3 is 2.24 bits per heavy atom. The Hall–Kier alpha value is -4.09. The first-order chi connectivity index (χ1) is 18.4. The van der Waals surface area contributed by atoms with E-state index in [4.69, 9.17) is 19.3 Å². The average Bonchev–Trinajstić information content (AvgIpc) is 3.20. The molecular weight excluding hydrogens is 476 g/mol. The van der Waals surface area contributed by atoms with Gasteiger partial charge in [-0.2, -0.15) is 0 Å². The summed E-state index contributed by atoms with van der Waals surface area (Å²) in [4.78, 5) is 11.7. The number of ether oxygens (including phenoxy) is 3. The highest BCUT2D eigenvalue weighted by Gasteiger charge is 2.31. The Bertz CT molecular complexity index is 1480. The van der Waals surface area contributed by atoms with Gasteiger partial charge in [0.2, 0.25) is 0 Å². The summed E-state index contributed by atoms with van der Waals surface area (Å²) in [6.45, 7) is 8.45. The van der Waals surface area contributed by atoms with E-state index in [2.05, 4.69) is 45.0 Å². The summed E-state index contributed by atoms with van der Waals surface area (Å²) in [5.74, 6) is 1.24. The van der Waals surface area contributed by atoms with Gasteiger partial charge in [-0.05, 0) is 89.5 Å². The number of aliphatic hydroxyl groups excluding tert-OH is 1. The maximum Gasteiger partial charge on any atom is 0.303 e. The fourth-order valence-corrected chi connectivity index (χ4v) is 5.39. The van der Waals surface area contributed by atoms with Gasteiger partial charge in [0.05, 0.1) is 6.61 Å². The van der Waals surface area contributed by atoms with Crippen LogP contribution >= 0.6 is 0 Å². The van der Waals surface area contributed by atoms with Gasteiger partial charge in [-0.25, -0.2) is 0 Å². The smallest absolute Gasteiger partial charge is 0.303 e. The molecule has 5 rings (SSSR count). The molecule has 0 radical (unpaired) electrons. The van der Waals surface area contributed by atoms with Gasteiger partial charge < -0.3 is 19.3 Å². The van der Waals surface area contributed by atoms with Crippen LogP contribution in [-0.2, 0) is 16.1 Å². The van der Waals surface area contributed by atoms with Gasteiger partial charge in [0, 0.05) is 18.1 Å². The van der Waals surface area contributed by atoms with Crippen molar-refractivity contribution in [3.05, 3.63) is 106 Å². The van der Waals surface area contributed by atoms with Gasteiger partial charge in [0.25, 0.3) is 0 Å². The van der Waals surface area contributed by atoms with E-state index in [1.165, 1.54) is 23.6 Å². The molecule has 0 fully saturated rings. The summed E-state index contributed by atoms with van der Waals surface area (Å²) >= 11 is 0. The second-order valence-corrected chi connectivity index (χ2v) is 9.71. The number of esters is 1. The normalized spacial score (nSPS) is 13.6. The lowest BCUT2D eigenvalue weighted by Crippen LogP contribution is -2.07. The molecule has 1 atom stereocenters. The van der Waals surface area contributed by atoms with Gasteiger partial charge in [-0.15, -0.1) is 0 Å².